The molecule has 1 aromatic heterocycles. The lowest BCUT2D eigenvalue weighted by Crippen LogP contribution is -2.24. The quantitative estimate of drug-likeness (QED) is 0.454. The highest BCUT2D eigenvalue weighted by molar-refractivity contribution is 7.89. The van der Waals surface area contributed by atoms with Gasteiger partial charge in [-0.15, -0.1) is 0 Å². The predicted octanol–water partition coefficient (Wildman–Crippen LogP) is 1.86. The summed E-state index contributed by atoms with van der Waals surface area (Å²) < 4.78 is 27.9. The van der Waals surface area contributed by atoms with Gasteiger partial charge in [0.05, 0.1) is 16.3 Å². The van der Waals surface area contributed by atoms with E-state index < -0.39 is 21.8 Å². The number of benzene rings is 2. The number of nitrogens with one attached hydrogen (secondary N) is 3. The molecule has 10 heteroatoms. The van der Waals surface area contributed by atoms with E-state index >= 15 is 0 Å². The molecule has 0 spiro atoms. The lowest BCUT2D eigenvalue weighted by Gasteiger charge is -2.11. The van der Waals surface area contributed by atoms with Gasteiger partial charge in [-0.2, -0.15) is 5.10 Å². The van der Waals surface area contributed by atoms with Crippen LogP contribution in [0.3, 0.4) is 0 Å². The number of rotatable bonds is 7. The van der Waals surface area contributed by atoms with Crippen LogP contribution in [0.15, 0.2) is 53.4 Å². The van der Waals surface area contributed by atoms with Crippen molar-refractivity contribution in [3.05, 3.63) is 76.6 Å². The Morgan fingerprint density at radius 1 is 1.10 bits per heavy atom. The molecule has 30 heavy (non-hydrogen) atoms. The van der Waals surface area contributed by atoms with Crippen LogP contribution < -0.4 is 15.8 Å². The van der Waals surface area contributed by atoms with Crippen molar-refractivity contribution in [2.75, 3.05) is 5.32 Å². The minimum Gasteiger partial charge on any atom is -0.364 e. The monoisotopic (exact) mass is 427 g/mol. The number of aryl methyl sites for hydroxylation is 2. The van der Waals surface area contributed by atoms with E-state index in [1.54, 1.807) is 32.0 Å². The van der Waals surface area contributed by atoms with Gasteiger partial charge in [0.25, 0.3) is 11.8 Å². The van der Waals surface area contributed by atoms with Crippen molar-refractivity contribution < 1.29 is 18.0 Å². The fourth-order valence-electron chi connectivity index (χ4n) is 2.81. The number of aromatic nitrogens is 2. The van der Waals surface area contributed by atoms with E-state index in [2.05, 4.69) is 20.2 Å². The molecule has 0 aliphatic rings. The van der Waals surface area contributed by atoms with E-state index in [-0.39, 0.29) is 28.4 Å². The number of hydrogen-bond acceptors (Lipinski definition) is 5. The molecular weight excluding hydrogens is 406 g/mol. The first kappa shape index (κ1) is 21.2. The van der Waals surface area contributed by atoms with Crippen LogP contribution in [0.25, 0.3) is 0 Å². The van der Waals surface area contributed by atoms with Crippen molar-refractivity contribution in [1.29, 1.82) is 0 Å². The summed E-state index contributed by atoms with van der Waals surface area (Å²) in [6.07, 6.45) is 0. The Labute approximate surface area is 173 Å². The molecule has 0 fully saturated rings. The fraction of sp³-hybridized carbons (Fsp3) is 0.150. The maximum atomic E-state index is 12.8. The normalized spacial score (nSPS) is 11.3. The minimum absolute atomic E-state index is 0.0479. The number of carbonyl (C=O) groups excluding carboxylic acids is 2. The third kappa shape index (κ3) is 4.56. The number of primary amides is 1. The molecular formula is C20H21N5O4S. The SMILES string of the molecule is Cc1ccc(S(=O)(=O)NCc2ccccc2)cc1C(=O)Nc1c(C(N)=O)n[nH]c1C. The Hall–Kier alpha value is -3.50. The van der Waals surface area contributed by atoms with Gasteiger partial charge in [-0.05, 0) is 37.1 Å². The Balaban J connectivity index is 1.85. The van der Waals surface area contributed by atoms with Gasteiger partial charge < -0.3 is 11.1 Å². The van der Waals surface area contributed by atoms with Gasteiger partial charge in [-0.25, -0.2) is 13.1 Å². The van der Waals surface area contributed by atoms with Crippen molar-refractivity contribution in [2.45, 2.75) is 25.3 Å². The van der Waals surface area contributed by atoms with E-state index in [4.69, 9.17) is 5.73 Å². The molecule has 0 aliphatic heterocycles. The van der Waals surface area contributed by atoms with E-state index in [1.807, 2.05) is 18.2 Å². The van der Waals surface area contributed by atoms with Crippen LogP contribution in [0.4, 0.5) is 5.69 Å². The Morgan fingerprint density at radius 3 is 2.47 bits per heavy atom. The molecule has 3 aromatic rings. The number of anilines is 1. The second kappa shape index (κ2) is 8.47. The van der Waals surface area contributed by atoms with Gasteiger partial charge in [-0.3, -0.25) is 14.7 Å². The Bertz CT molecular complexity index is 1200. The molecule has 3 rings (SSSR count). The van der Waals surface area contributed by atoms with Crippen molar-refractivity contribution in [2.24, 2.45) is 5.73 Å². The van der Waals surface area contributed by atoms with Gasteiger partial charge >= 0.3 is 0 Å². The summed E-state index contributed by atoms with van der Waals surface area (Å²) in [5.74, 6) is -1.38. The summed E-state index contributed by atoms with van der Waals surface area (Å²) in [6, 6.07) is 13.3. The lowest BCUT2D eigenvalue weighted by molar-refractivity contribution is 0.0996. The second-order valence-corrected chi connectivity index (χ2v) is 8.44. The highest BCUT2D eigenvalue weighted by Crippen LogP contribution is 2.21. The topological polar surface area (TPSA) is 147 Å². The number of sulfonamides is 1. The van der Waals surface area contributed by atoms with Gasteiger partial charge in [0.15, 0.2) is 5.69 Å². The van der Waals surface area contributed by atoms with Crippen molar-refractivity contribution in [3.8, 4) is 0 Å². The fourth-order valence-corrected chi connectivity index (χ4v) is 3.86. The van der Waals surface area contributed by atoms with Crippen molar-refractivity contribution in [1.82, 2.24) is 14.9 Å². The van der Waals surface area contributed by atoms with Crippen LogP contribution in [0.1, 0.15) is 37.7 Å². The molecule has 0 unspecified atom stereocenters. The highest BCUT2D eigenvalue weighted by atomic mass is 32.2. The zero-order chi connectivity index (χ0) is 21.9. The van der Waals surface area contributed by atoms with E-state index in [1.165, 1.54) is 12.1 Å². The largest absolute Gasteiger partial charge is 0.364 e. The zero-order valence-electron chi connectivity index (χ0n) is 16.4. The first-order valence-corrected chi connectivity index (χ1v) is 10.5. The molecule has 0 aliphatic carbocycles. The van der Waals surface area contributed by atoms with Crippen LogP contribution in [-0.2, 0) is 16.6 Å². The van der Waals surface area contributed by atoms with Crippen LogP contribution in [0.5, 0.6) is 0 Å². The first-order chi connectivity index (χ1) is 14.2. The summed E-state index contributed by atoms with van der Waals surface area (Å²) in [7, 11) is -3.85. The number of aromatic amines is 1. The average molecular weight is 427 g/mol. The Kier molecular flexibility index (Phi) is 5.99. The highest BCUT2D eigenvalue weighted by Gasteiger charge is 2.21. The molecule has 156 valence electrons. The van der Waals surface area contributed by atoms with Gasteiger partial charge in [0.1, 0.15) is 0 Å². The van der Waals surface area contributed by atoms with Gasteiger partial charge in [0, 0.05) is 12.1 Å². The summed E-state index contributed by atoms with van der Waals surface area (Å²) >= 11 is 0. The summed E-state index contributed by atoms with van der Waals surface area (Å²) in [6.45, 7) is 3.42. The molecule has 0 radical (unpaired) electrons. The van der Waals surface area contributed by atoms with Crippen LogP contribution in [0, 0.1) is 13.8 Å². The van der Waals surface area contributed by atoms with Crippen LogP contribution in [-0.4, -0.2) is 30.4 Å². The third-order valence-electron chi connectivity index (χ3n) is 4.49. The van der Waals surface area contributed by atoms with Crippen molar-refractivity contribution >= 4 is 27.5 Å². The third-order valence-corrected chi connectivity index (χ3v) is 5.89. The Morgan fingerprint density at radius 2 is 1.80 bits per heavy atom. The number of nitrogens with two attached hydrogens (primary N) is 1. The molecule has 0 saturated heterocycles. The molecule has 0 atom stereocenters. The number of hydrogen-bond donors (Lipinski definition) is 4. The average Bonchev–Trinajstić information content (AvgIpc) is 3.08. The maximum absolute atomic E-state index is 12.8. The molecule has 9 nitrogen and oxygen atoms in total. The van der Waals surface area contributed by atoms with E-state index in [0.717, 1.165) is 5.56 Å². The molecule has 0 bridgehead atoms. The maximum Gasteiger partial charge on any atom is 0.271 e. The number of amides is 2. The van der Waals surface area contributed by atoms with E-state index in [0.29, 0.717) is 11.3 Å². The number of carbonyl (C=O) groups is 2. The van der Waals surface area contributed by atoms with Crippen molar-refractivity contribution in [3.63, 3.8) is 0 Å². The molecule has 5 N–H and O–H groups in total. The van der Waals surface area contributed by atoms with Crippen LogP contribution >= 0.6 is 0 Å². The molecule has 2 aromatic carbocycles. The smallest absolute Gasteiger partial charge is 0.271 e. The molecule has 2 amide bonds. The zero-order valence-corrected chi connectivity index (χ0v) is 17.2. The predicted molar refractivity (Wildman–Crippen MR) is 111 cm³/mol. The first-order valence-electron chi connectivity index (χ1n) is 8.99. The standard InChI is InChI=1S/C20H21N5O4S/c1-12-8-9-15(30(28,29)22-11-14-6-4-3-5-7-14)10-16(12)20(27)23-17-13(2)24-25-18(17)19(21)26/h3-10,22H,11H2,1-2H3,(H2,21,26)(H,23,27)(H,24,25). The summed E-state index contributed by atoms with van der Waals surface area (Å²) in [5, 5.41) is 8.95. The summed E-state index contributed by atoms with van der Waals surface area (Å²) in [4.78, 5) is 24.2. The second-order valence-electron chi connectivity index (χ2n) is 6.68. The lowest BCUT2D eigenvalue weighted by atomic mass is 10.1. The summed E-state index contributed by atoms with van der Waals surface area (Å²) in [5.41, 5.74) is 7.29. The molecule has 0 saturated carbocycles. The van der Waals surface area contributed by atoms with Gasteiger partial charge in [-0.1, -0.05) is 36.4 Å². The molecule has 1 heterocycles. The number of nitrogens with zero attached hydrogens (tertiary/aromatic N) is 1. The minimum atomic E-state index is -3.85. The number of H-pyrrole nitrogens is 1. The van der Waals surface area contributed by atoms with E-state index in [9.17, 15) is 18.0 Å². The van der Waals surface area contributed by atoms with Crippen LogP contribution in [0.2, 0.25) is 0 Å². The van der Waals surface area contributed by atoms with Gasteiger partial charge in [0.2, 0.25) is 10.0 Å².